The summed E-state index contributed by atoms with van der Waals surface area (Å²) in [7, 11) is 0. The number of benzene rings is 1. The Morgan fingerprint density at radius 1 is 1.26 bits per heavy atom. The minimum absolute atomic E-state index is 0.0548. The van der Waals surface area contributed by atoms with E-state index in [1.54, 1.807) is 24.8 Å². The molecule has 0 atom stereocenters. The molecular weight excluding hydrogens is 455 g/mol. The molecule has 3 aromatic rings. The van der Waals surface area contributed by atoms with Gasteiger partial charge in [0, 0.05) is 32.0 Å². The van der Waals surface area contributed by atoms with Crippen molar-refractivity contribution in [3.8, 4) is 5.75 Å². The monoisotopic (exact) mass is 477 g/mol. The number of aromatic nitrogens is 6. The summed E-state index contributed by atoms with van der Waals surface area (Å²) in [5.41, 5.74) is 0.976. The van der Waals surface area contributed by atoms with E-state index in [-0.39, 0.29) is 24.1 Å². The summed E-state index contributed by atoms with van der Waals surface area (Å²) in [5.74, 6) is 1.16. The number of ether oxygens (including phenoxy) is 1. The van der Waals surface area contributed by atoms with E-state index in [9.17, 15) is 18.0 Å². The number of alkyl halides is 3. The predicted octanol–water partition coefficient (Wildman–Crippen LogP) is 3.04. The molecule has 2 aromatic heterocycles. The van der Waals surface area contributed by atoms with Crippen molar-refractivity contribution in [3.63, 3.8) is 0 Å². The Labute approximate surface area is 192 Å². The van der Waals surface area contributed by atoms with Crippen LogP contribution in [0.15, 0.2) is 28.8 Å². The molecule has 3 heterocycles. The van der Waals surface area contributed by atoms with E-state index >= 15 is 0 Å². The quantitative estimate of drug-likeness (QED) is 0.498. The molecular formula is C21H22F3N7O3. The molecule has 0 radical (unpaired) electrons. The first-order valence-corrected chi connectivity index (χ1v) is 10.6. The van der Waals surface area contributed by atoms with Gasteiger partial charge in [-0.25, -0.2) is 0 Å². The molecule has 0 N–H and O–H groups in total. The van der Waals surface area contributed by atoms with Gasteiger partial charge in [0.15, 0.2) is 11.6 Å². The van der Waals surface area contributed by atoms with Crippen LogP contribution >= 0.6 is 0 Å². The molecule has 1 aliphatic rings. The number of rotatable bonds is 6. The molecule has 34 heavy (non-hydrogen) atoms. The molecule has 0 saturated carbocycles. The fourth-order valence-corrected chi connectivity index (χ4v) is 3.73. The molecule has 0 unspecified atom stereocenters. The molecule has 1 aliphatic heterocycles. The normalized spacial score (nSPS) is 15.3. The predicted molar refractivity (Wildman–Crippen MR) is 111 cm³/mol. The number of likely N-dealkylation sites (tertiary alicyclic amines) is 1. The first-order valence-electron chi connectivity index (χ1n) is 10.6. The summed E-state index contributed by atoms with van der Waals surface area (Å²) >= 11 is 0. The highest BCUT2D eigenvalue weighted by Gasteiger charge is 2.31. The number of piperidine rings is 1. The van der Waals surface area contributed by atoms with Crippen LogP contribution in [0.2, 0.25) is 0 Å². The molecule has 1 saturated heterocycles. The van der Waals surface area contributed by atoms with Crippen LogP contribution in [0, 0.1) is 13.8 Å². The number of halogens is 3. The molecule has 1 fully saturated rings. The van der Waals surface area contributed by atoms with Gasteiger partial charge in [0.1, 0.15) is 5.75 Å². The zero-order valence-corrected chi connectivity index (χ0v) is 18.5. The van der Waals surface area contributed by atoms with Crippen molar-refractivity contribution in [2.24, 2.45) is 0 Å². The highest BCUT2D eigenvalue weighted by Crippen LogP contribution is 2.28. The lowest BCUT2D eigenvalue weighted by Gasteiger charge is -2.29. The molecule has 180 valence electrons. The van der Waals surface area contributed by atoms with Crippen LogP contribution < -0.4 is 4.74 Å². The van der Waals surface area contributed by atoms with Crippen molar-refractivity contribution >= 4 is 12.0 Å². The number of hydrogen-bond acceptors (Lipinski definition) is 8. The second-order valence-corrected chi connectivity index (χ2v) is 7.88. The third-order valence-corrected chi connectivity index (χ3v) is 5.33. The van der Waals surface area contributed by atoms with Gasteiger partial charge in [-0.15, -0.1) is 23.4 Å². The van der Waals surface area contributed by atoms with Crippen LogP contribution in [-0.2, 0) is 11.3 Å². The van der Waals surface area contributed by atoms with E-state index in [1.807, 2.05) is 0 Å². The van der Waals surface area contributed by atoms with E-state index in [0.29, 0.717) is 54.6 Å². The Kier molecular flexibility index (Phi) is 6.61. The first-order chi connectivity index (χ1) is 16.2. The zero-order chi connectivity index (χ0) is 24.3. The van der Waals surface area contributed by atoms with E-state index in [0.717, 1.165) is 0 Å². The van der Waals surface area contributed by atoms with E-state index in [2.05, 4.69) is 30.3 Å². The van der Waals surface area contributed by atoms with Crippen molar-refractivity contribution in [1.29, 1.82) is 0 Å². The van der Waals surface area contributed by atoms with Gasteiger partial charge in [0.2, 0.25) is 11.8 Å². The number of amides is 1. The number of carbonyl (C=O) groups excluding carboxylic acids is 1. The lowest BCUT2D eigenvalue weighted by molar-refractivity contribution is -0.274. The number of nitrogens with zero attached hydrogens (tertiary/aromatic N) is 7. The van der Waals surface area contributed by atoms with Gasteiger partial charge in [-0.2, -0.15) is 9.78 Å². The molecule has 0 spiro atoms. The topological polar surface area (TPSA) is 112 Å². The summed E-state index contributed by atoms with van der Waals surface area (Å²) in [4.78, 5) is 20.0. The van der Waals surface area contributed by atoms with Crippen LogP contribution in [0.4, 0.5) is 13.2 Å². The highest BCUT2D eigenvalue weighted by molar-refractivity contribution is 5.92. The van der Waals surface area contributed by atoms with E-state index in [4.69, 9.17) is 4.52 Å². The third kappa shape index (κ3) is 5.97. The smallest absolute Gasteiger partial charge is 0.406 e. The van der Waals surface area contributed by atoms with Gasteiger partial charge < -0.3 is 14.2 Å². The average Bonchev–Trinajstić information content (AvgIpc) is 3.40. The van der Waals surface area contributed by atoms with Crippen molar-refractivity contribution < 1.29 is 27.2 Å². The number of hydrogen-bond donors (Lipinski definition) is 0. The first kappa shape index (κ1) is 23.4. The Hall–Kier alpha value is -3.77. The Balaban J connectivity index is 1.46. The molecule has 4 rings (SSSR count). The Morgan fingerprint density at radius 2 is 2.03 bits per heavy atom. The summed E-state index contributed by atoms with van der Waals surface area (Å²) < 4.78 is 47.0. The van der Waals surface area contributed by atoms with Crippen molar-refractivity contribution in [1.82, 2.24) is 35.2 Å². The molecule has 0 aliphatic carbocycles. The summed E-state index contributed by atoms with van der Waals surface area (Å²) in [6.45, 7) is 4.51. The van der Waals surface area contributed by atoms with Crippen molar-refractivity contribution in [3.05, 3.63) is 52.9 Å². The number of carbonyl (C=O) groups is 1. The number of aryl methyl sites for hydroxylation is 2. The summed E-state index contributed by atoms with van der Waals surface area (Å²) in [6, 6.07) is 3.89. The SMILES string of the molecule is Cc1nnn(Cc2cc(OC(F)(F)F)ccc2C=CC(=O)N2CCC(c3noc(C)n3)CC2)n1. The second kappa shape index (κ2) is 9.61. The van der Waals surface area contributed by atoms with Gasteiger partial charge in [0.25, 0.3) is 0 Å². The number of tetrazole rings is 1. The molecule has 1 amide bonds. The third-order valence-electron chi connectivity index (χ3n) is 5.33. The Morgan fingerprint density at radius 3 is 2.65 bits per heavy atom. The van der Waals surface area contributed by atoms with Crippen molar-refractivity contribution in [2.75, 3.05) is 13.1 Å². The molecule has 13 heteroatoms. The van der Waals surface area contributed by atoms with Gasteiger partial charge in [-0.05, 0) is 54.3 Å². The fraction of sp³-hybridized carbons (Fsp3) is 0.429. The molecule has 1 aromatic carbocycles. The minimum atomic E-state index is -4.82. The molecule has 10 nitrogen and oxygen atoms in total. The van der Waals surface area contributed by atoms with Gasteiger partial charge >= 0.3 is 6.36 Å². The van der Waals surface area contributed by atoms with Crippen LogP contribution in [0.5, 0.6) is 5.75 Å². The van der Waals surface area contributed by atoms with Crippen LogP contribution in [0.25, 0.3) is 6.08 Å². The lowest BCUT2D eigenvalue weighted by Crippen LogP contribution is -2.37. The summed E-state index contributed by atoms with van der Waals surface area (Å²) in [5, 5.41) is 15.6. The standard InChI is InChI=1S/C21H22F3N7O3/c1-13-26-29-31(27-13)12-17-11-18(33-21(22,23)24)5-3-15(17)4-6-19(32)30-9-7-16(8-10-30)20-25-14(2)34-28-20/h3-6,11,16H,7-10,12H2,1-2H3. The maximum Gasteiger partial charge on any atom is 0.573 e. The maximum absolute atomic E-state index is 12.7. The van der Waals surface area contributed by atoms with Gasteiger partial charge in [-0.1, -0.05) is 11.2 Å². The largest absolute Gasteiger partial charge is 0.573 e. The zero-order valence-electron chi connectivity index (χ0n) is 18.5. The molecule has 0 bridgehead atoms. The van der Waals surface area contributed by atoms with Crippen LogP contribution in [0.1, 0.15) is 47.4 Å². The fourth-order valence-electron chi connectivity index (χ4n) is 3.73. The van der Waals surface area contributed by atoms with Crippen LogP contribution in [0.3, 0.4) is 0 Å². The Bertz CT molecular complexity index is 1180. The summed E-state index contributed by atoms with van der Waals surface area (Å²) in [6.07, 6.45) is -0.427. The highest BCUT2D eigenvalue weighted by atomic mass is 19.4. The average molecular weight is 477 g/mol. The van der Waals surface area contributed by atoms with E-state index in [1.165, 1.54) is 29.1 Å². The van der Waals surface area contributed by atoms with Crippen molar-refractivity contribution in [2.45, 2.75) is 45.5 Å². The van der Waals surface area contributed by atoms with E-state index < -0.39 is 6.36 Å². The lowest BCUT2D eigenvalue weighted by atomic mass is 9.96. The van der Waals surface area contributed by atoms with Crippen LogP contribution in [-0.4, -0.2) is 60.6 Å². The van der Waals surface area contributed by atoms with Gasteiger partial charge in [-0.3, -0.25) is 4.79 Å². The maximum atomic E-state index is 12.7. The second-order valence-electron chi connectivity index (χ2n) is 7.88. The minimum Gasteiger partial charge on any atom is -0.406 e. The van der Waals surface area contributed by atoms with Gasteiger partial charge in [0.05, 0.1) is 6.54 Å².